The van der Waals surface area contributed by atoms with Crippen LogP contribution in [0.3, 0.4) is 0 Å². The number of hydrogen-bond donors (Lipinski definition) is 1. The molecule has 10 heavy (non-hydrogen) atoms. The van der Waals surface area contributed by atoms with Crippen molar-refractivity contribution in [3.8, 4) is 0 Å². The summed E-state index contributed by atoms with van der Waals surface area (Å²) < 4.78 is 4.51. The van der Waals surface area contributed by atoms with Crippen molar-refractivity contribution in [3.63, 3.8) is 0 Å². The molecule has 0 amide bonds. The Bertz CT molecular complexity index is 104. The Morgan fingerprint density at radius 3 is 2.50 bits per heavy atom. The maximum atomic E-state index is 10.0. The van der Waals surface area contributed by atoms with E-state index in [1.165, 1.54) is 0 Å². The summed E-state index contributed by atoms with van der Waals surface area (Å²) in [6.07, 6.45) is 3.19. The van der Waals surface area contributed by atoms with Crippen LogP contribution in [0.25, 0.3) is 0 Å². The van der Waals surface area contributed by atoms with E-state index in [2.05, 4.69) is 11.3 Å². The second-order valence-corrected chi connectivity index (χ2v) is 1.85. The van der Waals surface area contributed by atoms with Gasteiger partial charge in [0.15, 0.2) is 0 Å². The Morgan fingerprint density at radius 2 is 2.40 bits per heavy atom. The standard InChI is InChI=1S/C4H6O2.C3H7N/c5-4-2-1-3-6-4;1-2-3-4/h1-3H2;2H,1,3-4H2. The monoisotopic (exact) mass is 143 g/mol. The molecular formula is C7H13NO2. The molecule has 1 aliphatic heterocycles. The molecule has 1 saturated heterocycles. The molecular weight excluding hydrogens is 130 g/mol. The number of cyclic esters (lactones) is 1. The minimum Gasteiger partial charge on any atom is -0.466 e. The fourth-order valence-electron chi connectivity index (χ4n) is 0.475. The van der Waals surface area contributed by atoms with Crippen LogP contribution in [0, 0.1) is 0 Å². The van der Waals surface area contributed by atoms with Gasteiger partial charge in [0, 0.05) is 13.0 Å². The number of esters is 1. The zero-order valence-electron chi connectivity index (χ0n) is 6.01. The molecule has 0 spiro atoms. The van der Waals surface area contributed by atoms with Gasteiger partial charge < -0.3 is 10.5 Å². The SMILES string of the molecule is C=CCN.O=C1CCCO1. The van der Waals surface area contributed by atoms with Gasteiger partial charge in [-0.25, -0.2) is 0 Å². The molecule has 3 nitrogen and oxygen atoms in total. The lowest BCUT2D eigenvalue weighted by molar-refractivity contribution is -0.137. The van der Waals surface area contributed by atoms with Crippen LogP contribution in [0.4, 0.5) is 0 Å². The van der Waals surface area contributed by atoms with Gasteiger partial charge in [0.2, 0.25) is 0 Å². The number of hydrogen-bond acceptors (Lipinski definition) is 3. The average molecular weight is 143 g/mol. The van der Waals surface area contributed by atoms with Crippen LogP contribution >= 0.6 is 0 Å². The molecule has 0 aromatic carbocycles. The van der Waals surface area contributed by atoms with E-state index in [0.717, 1.165) is 6.42 Å². The molecule has 1 heterocycles. The zero-order chi connectivity index (χ0) is 7.82. The smallest absolute Gasteiger partial charge is 0.305 e. The van der Waals surface area contributed by atoms with Crippen LogP contribution in [0.5, 0.6) is 0 Å². The number of carbonyl (C=O) groups is 1. The normalized spacial score (nSPS) is 15.1. The predicted octanol–water partition coefficient (Wildman–Crippen LogP) is 0.454. The summed E-state index contributed by atoms with van der Waals surface area (Å²) in [5.74, 6) is -0.0463. The number of nitrogens with two attached hydrogens (primary N) is 1. The van der Waals surface area contributed by atoms with Crippen LogP contribution in [-0.4, -0.2) is 19.1 Å². The van der Waals surface area contributed by atoms with E-state index in [4.69, 9.17) is 5.73 Å². The van der Waals surface area contributed by atoms with Crippen molar-refractivity contribution in [2.45, 2.75) is 12.8 Å². The lowest BCUT2D eigenvalue weighted by Crippen LogP contribution is -1.90. The third-order valence-corrected chi connectivity index (χ3v) is 0.955. The van der Waals surface area contributed by atoms with Crippen LogP contribution in [-0.2, 0) is 9.53 Å². The highest BCUT2D eigenvalue weighted by molar-refractivity contribution is 5.70. The van der Waals surface area contributed by atoms with Crippen molar-refractivity contribution in [3.05, 3.63) is 12.7 Å². The predicted molar refractivity (Wildman–Crippen MR) is 39.4 cm³/mol. The molecule has 0 aromatic rings. The van der Waals surface area contributed by atoms with Crippen molar-refractivity contribution in [1.82, 2.24) is 0 Å². The van der Waals surface area contributed by atoms with Gasteiger partial charge in [0.05, 0.1) is 6.61 Å². The second kappa shape index (κ2) is 6.29. The van der Waals surface area contributed by atoms with Crippen LogP contribution in [0.2, 0.25) is 0 Å². The quantitative estimate of drug-likeness (QED) is 0.428. The number of ether oxygens (including phenoxy) is 1. The highest BCUT2D eigenvalue weighted by atomic mass is 16.5. The Kier molecular flexibility index (Phi) is 5.77. The summed E-state index contributed by atoms with van der Waals surface area (Å²) in [6.45, 7) is 4.58. The van der Waals surface area contributed by atoms with Gasteiger partial charge in [0.25, 0.3) is 0 Å². The molecule has 1 fully saturated rings. The van der Waals surface area contributed by atoms with E-state index in [1.54, 1.807) is 6.08 Å². The summed E-state index contributed by atoms with van der Waals surface area (Å²) in [5.41, 5.74) is 4.91. The van der Waals surface area contributed by atoms with Gasteiger partial charge in [-0.1, -0.05) is 6.08 Å². The molecule has 58 valence electrons. The second-order valence-electron chi connectivity index (χ2n) is 1.85. The number of carbonyl (C=O) groups excluding carboxylic acids is 1. The first-order chi connectivity index (χ1) is 4.81. The average Bonchev–Trinajstić information content (AvgIpc) is 2.40. The molecule has 0 bridgehead atoms. The van der Waals surface area contributed by atoms with Gasteiger partial charge in [-0.2, -0.15) is 0 Å². The van der Waals surface area contributed by atoms with Crippen molar-refractivity contribution in [2.75, 3.05) is 13.2 Å². The van der Waals surface area contributed by atoms with E-state index >= 15 is 0 Å². The molecule has 0 radical (unpaired) electrons. The molecule has 3 heteroatoms. The van der Waals surface area contributed by atoms with E-state index < -0.39 is 0 Å². The van der Waals surface area contributed by atoms with E-state index in [1.807, 2.05) is 0 Å². The summed E-state index contributed by atoms with van der Waals surface area (Å²) in [4.78, 5) is 10.0. The molecule has 0 saturated carbocycles. The maximum absolute atomic E-state index is 10.0. The summed E-state index contributed by atoms with van der Waals surface area (Å²) in [6, 6.07) is 0. The van der Waals surface area contributed by atoms with Gasteiger partial charge in [-0.05, 0) is 6.42 Å². The summed E-state index contributed by atoms with van der Waals surface area (Å²) >= 11 is 0. The highest BCUT2D eigenvalue weighted by Gasteiger charge is 2.08. The van der Waals surface area contributed by atoms with Gasteiger partial charge in [0.1, 0.15) is 0 Å². The Morgan fingerprint density at radius 1 is 1.80 bits per heavy atom. The van der Waals surface area contributed by atoms with Crippen molar-refractivity contribution in [1.29, 1.82) is 0 Å². The van der Waals surface area contributed by atoms with E-state index in [-0.39, 0.29) is 5.97 Å². The van der Waals surface area contributed by atoms with Gasteiger partial charge in [-0.15, -0.1) is 6.58 Å². The first-order valence-electron chi connectivity index (χ1n) is 3.28. The Labute approximate surface area is 60.9 Å². The van der Waals surface area contributed by atoms with Crippen molar-refractivity contribution < 1.29 is 9.53 Å². The molecule has 0 atom stereocenters. The molecule has 0 unspecified atom stereocenters. The minimum absolute atomic E-state index is 0.0463. The molecule has 0 aliphatic carbocycles. The molecule has 1 aliphatic rings. The molecule has 1 rings (SSSR count). The lowest BCUT2D eigenvalue weighted by atomic mass is 10.4. The largest absolute Gasteiger partial charge is 0.466 e. The Balaban J connectivity index is 0.000000180. The minimum atomic E-state index is -0.0463. The first kappa shape index (κ1) is 9.17. The van der Waals surface area contributed by atoms with E-state index in [9.17, 15) is 4.79 Å². The molecule has 0 aromatic heterocycles. The van der Waals surface area contributed by atoms with E-state index in [0.29, 0.717) is 19.6 Å². The van der Waals surface area contributed by atoms with Crippen LogP contribution in [0.15, 0.2) is 12.7 Å². The summed E-state index contributed by atoms with van der Waals surface area (Å²) in [5, 5.41) is 0. The third-order valence-electron chi connectivity index (χ3n) is 0.955. The fraction of sp³-hybridized carbons (Fsp3) is 0.571. The van der Waals surface area contributed by atoms with Crippen molar-refractivity contribution in [2.24, 2.45) is 5.73 Å². The summed E-state index contributed by atoms with van der Waals surface area (Å²) in [7, 11) is 0. The highest BCUT2D eigenvalue weighted by Crippen LogP contribution is 2.01. The fourth-order valence-corrected chi connectivity index (χ4v) is 0.475. The van der Waals surface area contributed by atoms with Crippen LogP contribution < -0.4 is 5.73 Å². The van der Waals surface area contributed by atoms with Gasteiger partial charge in [-0.3, -0.25) is 4.79 Å². The zero-order valence-corrected chi connectivity index (χ0v) is 6.01. The Hall–Kier alpha value is -0.830. The topological polar surface area (TPSA) is 52.3 Å². The van der Waals surface area contributed by atoms with Crippen molar-refractivity contribution >= 4 is 5.97 Å². The lowest BCUT2D eigenvalue weighted by Gasteiger charge is -1.81. The van der Waals surface area contributed by atoms with Gasteiger partial charge >= 0.3 is 5.97 Å². The first-order valence-corrected chi connectivity index (χ1v) is 3.28. The third kappa shape index (κ3) is 5.31. The van der Waals surface area contributed by atoms with Crippen LogP contribution in [0.1, 0.15) is 12.8 Å². The molecule has 2 N–H and O–H groups in total. The maximum Gasteiger partial charge on any atom is 0.305 e. The number of rotatable bonds is 1.